The van der Waals surface area contributed by atoms with Gasteiger partial charge in [-0.15, -0.1) is 0 Å². The molecule has 0 amide bonds. The highest BCUT2D eigenvalue weighted by Gasteiger charge is 2.21. The molecule has 168 valence electrons. The van der Waals surface area contributed by atoms with Crippen LogP contribution in [0.1, 0.15) is 51.6 Å². The van der Waals surface area contributed by atoms with Crippen molar-refractivity contribution in [1.82, 2.24) is 18.9 Å². The molecule has 0 bridgehead atoms. The van der Waals surface area contributed by atoms with E-state index in [0.717, 1.165) is 49.6 Å². The Morgan fingerprint density at radius 1 is 1.03 bits per heavy atom. The summed E-state index contributed by atoms with van der Waals surface area (Å²) in [5.41, 5.74) is 3.33. The third kappa shape index (κ3) is 4.37. The highest BCUT2D eigenvalue weighted by atomic mass is 16.5. The second-order valence-electron chi connectivity index (χ2n) is 9.77. The van der Waals surface area contributed by atoms with Crippen molar-refractivity contribution in [2.24, 2.45) is 0 Å². The number of ether oxygens (including phenoxy) is 1. The molecule has 0 N–H and O–H groups in total. The standard InChI is InChI=1S/C26H33N5O/c1-26(2,3)32-19-18-30-16-12-21-9-10-24(28-25(21)30)29-14-5-6-20(11-15-29)22-7-4-8-23-27-13-17-31(22)23/h4,7-10,12-13,16-17,20H,5-6,11,14-15,18-19H2,1-3H3. The van der Waals surface area contributed by atoms with Crippen LogP contribution in [0.25, 0.3) is 16.7 Å². The molecule has 1 fully saturated rings. The van der Waals surface area contributed by atoms with Crippen molar-refractivity contribution in [3.63, 3.8) is 0 Å². The van der Waals surface area contributed by atoms with E-state index in [0.29, 0.717) is 12.5 Å². The van der Waals surface area contributed by atoms with Crippen molar-refractivity contribution in [2.45, 2.75) is 58.1 Å². The number of nitrogens with zero attached hydrogens (tertiary/aromatic N) is 5. The van der Waals surface area contributed by atoms with E-state index in [4.69, 9.17) is 9.72 Å². The maximum atomic E-state index is 5.93. The van der Waals surface area contributed by atoms with Crippen LogP contribution in [-0.2, 0) is 11.3 Å². The molecule has 1 aliphatic heterocycles. The first-order valence-corrected chi connectivity index (χ1v) is 11.7. The minimum atomic E-state index is -0.120. The molecule has 1 saturated heterocycles. The molecule has 0 spiro atoms. The lowest BCUT2D eigenvalue weighted by atomic mass is 9.96. The number of hydrogen-bond acceptors (Lipinski definition) is 4. The van der Waals surface area contributed by atoms with E-state index in [1.165, 1.54) is 17.5 Å². The van der Waals surface area contributed by atoms with Crippen LogP contribution in [0.3, 0.4) is 0 Å². The highest BCUT2D eigenvalue weighted by Crippen LogP contribution is 2.30. The molecule has 1 unspecified atom stereocenters. The summed E-state index contributed by atoms with van der Waals surface area (Å²) < 4.78 is 10.4. The van der Waals surface area contributed by atoms with Crippen molar-refractivity contribution < 1.29 is 4.74 Å². The van der Waals surface area contributed by atoms with Crippen molar-refractivity contribution in [3.8, 4) is 0 Å². The molecule has 5 heterocycles. The Labute approximate surface area is 189 Å². The molecule has 6 heteroatoms. The van der Waals surface area contributed by atoms with E-state index < -0.39 is 0 Å². The predicted molar refractivity (Wildman–Crippen MR) is 129 cm³/mol. The molecule has 0 saturated carbocycles. The summed E-state index contributed by atoms with van der Waals surface area (Å²) in [6, 6.07) is 13.0. The summed E-state index contributed by atoms with van der Waals surface area (Å²) in [5.74, 6) is 1.62. The SMILES string of the molecule is CC(C)(C)OCCn1ccc2ccc(N3CCCC(c4cccc5nccn45)CC3)nc21. The van der Waals surface area contributed by atoms with Crippen LogP contribution in [0.5, 0.6) is 0 Å². The largest absolute Gasteiger partial charge is 0.374 e. The lowest BCUT2D eigenvalue weighted by Crippen LogP contribution is -2.25. The Kier molecular flexibility index (Phi) is 5.64. The quantitative estimate of drug-likeness (QED) is 0.432. The van der Waals surface area contributed by atoms with E-state index in [1.807, 2.05) is 6.20 Å². The average molecular weight is 432 g/mol. The van der Waals surface area contributed by atoms with E-state index >= 15 is 0 Å². The van der Waals surface area contributed by atoms with E-state index in [1.54, 1.807) is 0 Å². The van der Waals surface area contributed by atoms with Gasteiger partial charge in [0.2, 0.25) is 0 Å². The summed E-state index contributed by atoms with van der Waals surface area (Å²) in [6.07, 6.45) is 9.57. The van der Waals surface area contributed by atoms with Crippen LogP contribution in [0, 0.1) is 0 Å². The monoisotopic (exact) mass is 431 g/mol. The van der Waals surface area contributed by atoms with Gasteiger partial charge in [-0.05, 0) is 70.4 Å². The second kappa shape index (κ2) is 8.58. The number of imidazole rings is 1. The Hall–Kier alpha value is -2.86. The zero-order valence-electron chi connectivity index (χ0n) is 19.4. The zero-order chi connectivity index (χ0) is 22.1. The van der Waals surface area contributed by atoms with Crippen LogP contribution in [-0.4, -0.2) is 44.2 Å². The molecule has 5 rings (SSSR count). The van der Waals surface area contributed by atoms with Crippen LogP contribution < -0.4 is 4.90 Å². The number of hydrogen-bond donors (Lipinski definition) is 0. The summed E-state index contributed by atoms with van der Waals surface area (Å²) in [7, 11) is 0. The maximum Gasteiger partial charge on any atom is 0.142 e. The number of rotatable bonds is 5. The summed E-state index contributed by atoms with van der Waals surface area (Å²) >= 11 is 0. The Morgan fingerprint density at radius 2 is 1.94 bits per heavy atom. The van der Waals surface area contributed by atoms with Crippen molar-refractivity contribution in [1.29, 1.82) is 0 Å². The van der Waals surface area contributed by atoms with Crippen molar-refractivity contribution in [2.75, 3.05) is 24.6 Å². The zero-order valence-corrected chi connectivity index (χ0v) is 19.4. The third-order valence-corrected chi connectivity index (χ3v) is 6.39. The summed E-state index contributed by atoms with van der Waals surface area (Å²) in [6.45, 7) is 9.84. The van der Waals surface area contributed by atoms with Gasteiger partial charge in [-0.25, -0.2) is 9.97 Å². The van der Waals surface area contributed by atoms with Crippen LogP contribution in [0.15, 0.2) is 55.0 Å². The average Bonchev–Trinajstić information content (AvgIpc) is 3.33. The van der Waals surface area contributed by atoms with Crippen LogP contribution in [0.4, 0.5) is 5.82 Å². The Bertz CT molecular complexity index is 1200. The van der Waals surface area contributed by atoms with Gasteiger partial charge in [0.05, 0.1) is 12.2 Å². The lowest BCUT2D eigenvalue weighted by Gasteiger charge is -2.22. The molecule has 0 aliphatic carbocycles. The molecule has 1 atom stereocenters. The molecule has 1 aliphatic rings. The number of fused-ring (bicyclic) bond motifs is 2. The fourth-order valence-electron chi connectivity index (χ4n) is 4.78. The van der Waals surface area contributed by atoms with Crippen molar-refractivity contribution >= 4 is 22.5 Å². The molecule has 4 aromatic heterocycles. The minimum absolute atomic E-state index is 0.120. The summed E-state index contributed by atoms with van der Waals surface area (Å²) in [5, 5.41) is 1.18. The molecule has 32 heavy (non-hydrogen) atoms. The van der Waals surface area contributed by atoms with Gasteiger partial charge in [0.25, 0.3) is 0 Å². The first kappa shape index (κ1) is 21.0. The fourth-order valence-corrected chi connectivity index (χ4v) is 4.78. The second-order valence-corrected chi connectivity index (χ2v) is 9.77. The van der Waals surface area contributed by atoms with Gasteiger partial charge in [0.15, 0.2) is 0 Å². The minimum Gasteiger partial charge on any atom is -0.374 e. The van der Waals surface area contributed by atoms with Gasteiger partial charge in [-0.2, -0.15) is 0 Å². The van der Waals surface area contributed by atoms with Gasteiger partial charge in [-0.1, -0.05) is 6.07 Å². The van der Waals surface area contributed by atoms with E-state index in [9.17, 15) is 0 Å². The van der Waals surface area contributed by atoms with Crippen molar-refractivity contribution in [3.05, 3.63) is 60.7 Å². The molecular formula is C26H33N5O. The molecule has 6 nitrogen and oxygen atoms in total. The highest BCUT2D eigenvalue weighted by molar-refractivity contribution is 5.78. The lowest BCUT2D eigenvalue weighted by molar-refractivity contribution is -0.00649. The molecule has 0 radical (unpaired) electrons. The predicted octanol–water partition coefficient (Wildman–Crippen LogP) is 5.27. The van der Waals surface area contributed by atoms with Gasteiger partial charge in [0.1, 0.15) is 17.1 Å². The first-order chi connectivity index (χ1) is 15.5. The number of anilines is 1. The number of pyridine rings is 2. The normalized spacial score (nSPS) is 17.8. The maximum absolute atomic E-state index is 5.93. The fraction of sp³-hybridized carbons (Fsp3) is 0.462. The number of aromatic nitrogens is 4. The van der Waals surface area contributed by atoms with E-state index in [-0.39, 0.29) is 5.60 Å². The Balaban J connectivity index is 1.32. The van der Waals surface area contributed by atoms with Gasteiger partial charge < -0.3 is 18.6 Å². The molecule has 4 aromatic rings. The van der Waals surface area contributed by atoms with Gasteiger partial charge in [-0.3, -0.25) is 0 Å². The topological polar surface area (TPSA) is 47.6 Å². The molecule has 0 aromatic carbocycles. The van der Waals surface area contributed by atoms with E-state index in [2.05, 4.69) is 88.4 Å². The van der Waals surface area contributed by atoms with Crippen LogP contribution >= 0.6 is 0 Å². The van der Waals surface area contributed by atoms with Gasteiger partial charge in [0, 0.05) is 55.2 Å². The smallest absolute Gasteiger partial charge is 0.142 e. The van der Waals surface area contributed by atoms with Crippen LogP contribution in [0.2, 0.25) is 0 Å². The summed E-state index contributed by atoms with van der Waals surface area (Å²) in [4.78, 5) is 12.0. The van der Waals surface area contributed by atoms with Gasteiger partial charge >= 0.3 is 0 Å². The molecular weight excluding hydrogens is 398 g/mol. The Morgan fingerprint density at radius 3 is 2.81 bits per heavy atom. The first-order valence-electron chi connectivity index (χ1n) is 11.7. The third-order valence-electron chi connectivity index (χ3n) is 6.39.